The molecule has 1 saturated heterocycles. The van der Waals surface area contributed by atoms with Crippen molar-refractivity contribution in [3.05, 3.63) is 112 Å². The molecule has 5 rings (SSSR count). The Labute approximate surface area is 235 Å². The van der Waals surface area contributed by atoms with Crippen LogP contribution in [0, 0.1) is 0 Å². The molecule has 0 aromatic heterocycles. The molecule has 2 aliphatic rings. The average molecular weight is 540 g/mol. The Morgan fingerprint density at radius 3 is 2.67 bits per heavy atom. The molecule has 0 radical (unpaired) electrons. The molecule has 39 heavy (non-hydrogen) atoms. The van der Waals surface area contributed by atoms with Gasteiger partial charge in [-0.15, -0.1) is 0 Å². The molecule has 0 saturated carbocycles. The minimum Gasteiger partial charge on any atom is -0.359 e. The summed E-state index contributed by atoms with van der Waals surface area (Å²) in [6.07, 6.45) is 1.66. The van der Waals surface area contributed by atoms with Gasteiger partial charge in [0.2, 0.25) is 0 Å². The van der Waals surface area contributed by atoms with Crippen LogP contribution < -0.4 is 16.0 Å². The predicted molar refractivity (Wildman–Crippen MR) is 162 cm³/mol. The summed E-state index contributed by atoms with van der Waals surface area (Å²) < 4.78 is 0. The van der Waals surface area contributed by atoms with Crippen molar-refractivity contribution in [3.8, 4) is 0 Å². The lowest BCUT2D eigenvalue weighted by molar-refractivity contribution is 0.0937. The maximum Gasteiger partial charge on any atom is 0.251 e. The van der Waals surface area contributed by atoms with E-state index in [9.17, 15) is 4.79 Å². The first kappa shape index (κ1) is 26.7. The largest absolute Gasteiger partial charge is 0.359 e. The summed E-state index contributed by atoms with van der Waals surface area (Å²) in [7, 11) is 0. The maximum absolute atomic E-state index is 12.9. The number of benzene rings is 3. The fourth-order valence-corrected chi connectivity index (χ4v) is 5.34. The van der Waals surface area contributed by atoms with E-state index in [1.54, 1.807) is 0 Å². The lowest BCUT2D eigenvalue weighted by Gasteiger charge is -2.17. The molecule has 1 amide bonds. The molecular formula is C32H34ClN5O. The van der Waals surface area contributed by atoms with E-state index in [0.29, 0.717) is 17.0 Å². The zero-order chi connectivity index (χ0) is 27.4. The molecule has 0 bridgehead atoms. The second-order valence-electron chi connectivity index (χ2n) is 10.3. The Morgan fingerprint density at radius 1 is 1.13 bits per heavy atom. The number of amides is 1. The van der Waals surface area contributed by atoms with Gasteiger partial charge >= 0.3 is 0 Å². The van der Waals surface area contributed by atoms with Crippen molar-refractivity contribution in [2.45, 2.75) is 39.3 Å². The second-order valence-corrected chi connectivity index (χ2v) is 10.7. The van der Waals surface area contributed by atoms with Crippen molar-refractivity contribution >= 4 is 40.4 Å². The standard InChI is InChI=1S/C32H34ClN5O/c1-21-17-22(2)34-30-18-26(33)11-14-29(30)31(21)36-23(3)35-27-12-9-25(10-13-27)32(39)37-28-15-16-38(20-28)19-24-7-5-4-6-8-24/h4-14,18,28,34H,2,15-17,19-20H2,1,3H3,(H,35,36)(H,37,39). The van der Waals surface area contributed by atoms with Gasteiger partial charge < -0.3 is 16.0 Å². The van der Waals surface area contributed by atoms with Gasteiger partial charge in [-0.25, -0.2) is 4.99 Å². The van der Waals surface area contributed by atoms with Gasteiger partial charge in [-0.2, -0.15) is 0 Å². The number of halogens is 1. The average Bonchev–Trinajstić information content (AvgIpc) is 3.30. The summed E-state index contributed by atoms with van der Waals surface area (Å²) in [6.45, 7) is 10.9. The van der Waals surface area contributed by atoms with Crippen LogP contribution in [0.1, 0.15) is 48.2 Å². The highest BCUT2D eigenvalue weighted by molar-refractivity contribution is 6.31. The number of anilines is 2. The molecule has 2 heterocycles. The minimum absolute atomic E-state index is 0.0410. The van der Waals surface area contributed by atoms with E-state index in [2.05, 4.69) is 58.6 Å². The molecule has 3 aromatic carbocycles. The van der Waals surface area contributed by atoms with Crippen LogP contribution in [0.25, 0.3) is 5.70 Å². The highest BCUT2D eigenvalue weighted by atomic mass is 35.5. The van der Waals surface area contributed by atoms with Crippen LogP contribution in [0.2, 0.25) is 5.02 Å². The van der Waals surface area contributed by atoms with Crippen molar-refractivity contribution in [2.24, 2.45) is 4.99 Å². The summed E-state index contributed by atoms with van der Waals surface area (Å²) in [4.78, 5) is 20.2. The topological polar surface area (TPSA) is 68.8 Å². The van der Waals surface area contributed by atoms with E-state index < -0.39 is 0 Å². The van der Waals surface area contributed by atoms with Crippen molar-refractivity contribution in [2.75, 3.05) is 23.7 Å². The van der Waals surface area contributed by atoms with Crippen LogP contribution in [-0.4, -0.2) is 35.8 Å². The number of aliphatic imine (C=N–C) groups is 1. The van der Waals surface area contributed by atoms with Gasteiger partial charge in [-0.3, -0.25) is 9.69 Å². The smallest absolute Gasteiger partial charge is 0.251 e. The SMILES string of the molecule is C=C1CC(C)=C(N=C(C)Nc2ccc(C(=O)NC3CCN(Cc4ccccc4)C3)cc2)c2ccc(Cl)cc2N1. The number of allylic oxidation sites excluding steroid dienone is 1. The molecule has 2 aliphatic heterocycles. The fraction of sp³-hybridized carbons (Fsp3) is 0.250. The van der Waals surface area contributed by atoms with Crippen LogP contribution in [0.15, 0.2) is 95.6 Å². The summed E-state index contributed by atoms with van der Waals surface area (Å²) in [5.74, 6) is 0.708. The van der Waals surface area contributed by atoms with Crippen molar-refractivity contribution in [1.29, 1.82) is 0 Å². The molecule has 1 atom stereocenters. The number of amidine groups is 1. The van der Waals surface area contributed by atoms with E-state index in [1.807, 2.05) is 55.5 Å². The van der Waals surface area contributed by atoms with Gasteiger partial charge in [-0.05, 0) is 73.9 Å². The lowest BCUT2D eigenvalue weighted by atomic mass is 10.1. The first-order chi connectivity index (χ1) is 18.8. The molecule has 0 spiro atoms. The molecule has 0 aliphatic carbocycles. The maximum atomic E-state index is 12.9. The Balaban J connectivity index is 1.20. The molecular weight excluding hydrogens is 506 g/mol. The molecule has 1 fully saturated rings. The Bertz CT molecular complexity index is 1430. The van der Waals surface area contributed by atoms with E-state index in [0.717, 1.165) is 65.8 Å². The number of carbonyl (C=O) groups excluding carboxylic acids is 1. The summed E-state index contributed by atoms with van der Waals surface area (Å²) in [6, 6.07) is 23.9. The zero-order valence-electron chi connectivity index (χ0n) is 22.4. The number of rotatable bonds is 6. The summed E-state index contributed by atoms with van der Waals surface area (Å²) in [5.41, 5.74) is 7.62. The van der Waals surface area contributed by atoms with E-state index in [4.69, 9.17) is 16.6 Å². The van der Waals surface area contributed by atoms with Gasteiger partial charge in [-0.1, -0.05) is 48.5 Å². The predicted octanol–water partition coefficient (Wildman–Crippen LogP) is 6.94. The van der Waals surface area contributed by atoms with Crippen LogP contribution in [-0.2, 0) is 6.54 Å². The van der Waals surface area contributed by atoms with Gasteiger partial charge in [0.25, 0.3) is 5.91 Å². The number of fused-ring (bicyclic) bond motifs is 1. The number of nitrogens with zero attached hydrogens (tertiary/aromatic N) is 2. The van der Waals surface area contributed by atoms with E-state index >= 15 is 0 Å². The summed E-state index contributed by atoms with van der Waals surface area (Å²) >= 11 is 6.23. The number of carbonyl (C=O) groups is 1. The minimum atomic E-state index is -0.0410. The molecule has 3 N–H and O–H groups in total. The normalized spacial score (nSPS) is 17.9. The number of nitrogens with one attached hydrogen (secondary N) is 3. The van der Waals surface area contributed by atoms with Crippen LogP contribution in [0.3, 0.4) is 0 Å². The molecule has 1 unspecified atom stereocenters. The summed E-state index contributed by atoms with van der Waals surface area (Å²) in [5, 5.41) is 10.6. The first-order valence-corrected chi connectivity index (χ1v) is 13.7. The third kappa shape index (κ3) is 6.77. The monoisotopic (exact) mass is 539 g/mol. The van der Waals surface area contributed by atoms with Crippen LogP contribution in [0.4, 0.5) is 11.4 Å². The third-order valence-corrected chi connectivity index (χ3v) is 7.27. The van der Waals surface area contributed by atoms with Crippen molar-refractivity contribution in [1.82, 2.24) is 10.2 Å². The second kappa shape index (κ2) is 11.9. The molecule has 6 nitrogen and oxygen atoms in total. The quantitative estimate of drug-likeness (QED) is 0.234. The van der Waals surface area contributed by atoms with Crippen LogP contribution >= 0.6 is 11.6 Å². The van der Waals surface area contributed by atoms with Crippen molar-refractivity contribution < 1.29 is 4.79 Å². The van der Waals surface area contributed by atoms with Crippen molar-refractivity contribution in [3.63, 3.8) is 0 Å². The third-order valence-electron chi connectivity index (χ3n) is 7.04. The Hall–Kier alpha value is -3.87. The van der Waals surface area contributed by atoms with Crippen LogP contribution in [0.5, 0.6) is 0 Å². The Morgan fingerprint density at radius 2 is 1.90 bits per heavy atom. The highest BCUT2D eigenvalue weighted by Gasteiger charge is 2.24. The number of likely N-dealkylation sites (tertiary alicyclic amines) is 1. The lowest BCUT2D eigenvalue weighted by Crippen LogP contribution is -2.36. The first-order valence-electron chi connectivity index (χ1n) is 13.3. The van der Waals surface area contributed by atoms with Gasteiger partial charge in [0.1, 0.15) is 5.84 Å². The van der Waals surface area contributed by atoms with E-state index in [-0.39, 0.29) is 11.9 Å². The fourth-order valence-electron chi connectivity index (χ4n) is 5.16. The Kier molecular flexibility index (Phi) is 8.15. The zero-order valence-corrected chi connectivity index (χ0v) is 23.2. The number of hydrogen-bond acceptors (Lipinski definition) is 4. The van der Waals surface area contributed by atoms with E-state index in [1.165, 1.54) is 5.56 Å². The molecule has 3 aromatic rings. The molecule has 7 heteroatoms. The van der Waals surface area contributed by atoms with Gasteiger partial charge in [0, 0.05) is 65.3 Å². The highest BCUT2D eigenvalue weighted by Crippen LogP contribution is 2.36. The van der Waals surface area contributed by atoms with Gasteiger partial charge in [0.15, 0.2) is 0 Å². The number of hydrogen-bond donors (Lipinski definition) is 3. The van der Waals surface area contributed by atoms with Gasteiger partial charge in [0.05, 0.1) is 5.70 Å². The molecule has 200 valence electrons.